The number of anilines is 1. The van der Waals surface area contributed by atoms with E-state index in [1.54, 1.807) is 12.1 Å². The molecule has 0 amide bonds. The van der Waals surface area contributed by atoms with Crippen molar-refractivity contribution in [2.24, 2.45) is 11.8 Å². The van der Waals surface area contributed by atoms with Gasteiger partial charge in [0, 0.05) is 24.8 Å². The van der Waals surface area contributed by atoms with Gasteiger partial charge in [-0.2, -0.15) is 0 Å². The minimum atomic E-state index is -0.148. The molecule has 3 rings (SSSR count). The van der Waals surface area contributed by atoms with Crippen molar-refractivity contribution in [3.63, 3.8) is 0 Å². The third-order valence-electron chi connectivity index (χ3n) is 5.73. The summed E-state index contributed by atoms with van der Waals surface area (Å²) in [6, 6.07) is 7.57. The molecule has 23 heavy (non-hydrogen) atoms. The van der Waals surface area contributed by atoms with E-state index in [2.05, 4.69) is 17.1 Å². The Morgan fingerprint density at radius 3 is 2.48 bits per heavy atom. The summed E-state index contributed by atoms with van der Waals surface area (Å²) in [5, 5.41) is 3.85. The molecule has 3 heteroatoms. The molecule has 1 aromatic carbocycles. The summed E-state index contributed by atoms with van der Waals surface area (Å²) >= 11 is 0. The van der Waals surface area contributed by atoms with Crippen LogP contribution in [0.15, 0.2) is 24.3 Å². The maximum Gasteiger partial charge on any atom is 0.123 e. The molecule has 0 bridgehead atoms. The van der Waals surface area contributed by atoms with Gasteiger partial charge in [-0.05, 0) is 61.9 Å². The molecule has 1 aliphatic carbocycles. The van der Waals surface area contributed by atoms with Gasteiger partial charge in [-0.25, -0.2) is 4.39 Å². The summed E-state index contributed by atoms with van der Waals surface area (Å²) in [6.45, 7) is 5.62. The molecule has 2 nitrogen and oxygen atoms in total. The van der Waals surface area contributed by atoms with Gasteiger partial charge in [0.25, 0.3) is 0 Å². The van der Waals surface area contributed by atoms with Gasteiger partial charge < -0.3 is 10.2 Å². The van der Waals surface area contributed by atoms with Crippen LogP contribution in [-0.2, 0) is 0 Å². The van der Waals surface area contributed by atoms with Crippen LogP contribution in [0.1, 0.15) is 51.9 Å². The Labute approximate surface area is 140 Å². The minimum absolute atomic E-state index is 0.148. The SMILES string of the molecule is CCC1CC(NCC2CCCCC2)CN(c2ccc(F)cc2)C1. The standard InChI is InChI=1S/C20H31FN2/c1-2-16-12-19(22-13-17-6-4-3-5-7-17)15-23(14-16)20-10-8-18(21)9-11-20/h8-11,16-17,19,22H,2-7,12-15H2,1H3. The normalized spacial score (nSPS) is 26.4. The highest BCUT2D eigenvalue weighted by molar-refractivity contribution is 5.47. The number of hydrogen-bond acceptors (Lipinski definition) is 2. The first-order chi connectivity index (χ1) is 11.2. The highest BCUT2D eigenvalue weighted by atomic mass is 19.1. The van der Waals surface area contributed by atoms with E-state index >= 15 is 0 Å². The summed E-state index contributed by atoms with van der Waals surface area (Å²) in [4.78, 5) is 2.44. The van der Waals surface area contributed by atoms with Crippen molar-refractivity contribution < 1.29 is 4.39 Å². The number of rotatable bonds is 5. The van der Waals surface area contributed by atoms with Crippen molar-refractivity contribution >= 4 is 5.69 Å². The number of hydrogen-bond donors (Lipinski definition) is 1. The minimum Gasteiger partial charge on any atom is -0.370 e. The maximum atomic E-state index is 13.2. The van der Waals surface area contributed by atoms with Crippen LogP contribution in [0.25, 0.3) is 0 Å². The Morgan fingerprint density at radius 1 is 1.04 bits per heavy atom. The van der Waals surface area contributed by atoms with Gasteiger partial charge in [-0.15, -0.1) is 0 Å². The van der Waals surface area contributed by atoms with Crippen LogP contribution < -0.4 is 10.2 Å². The fraction of sp³-hybridized carbons (Fsp3) is 0.700. The van der Waals surface area contributed by atoms with Crippen molar-refractivity contribution in [1.82, 2.24) is 5.32 Å². The zero-order valence-corrected chi connectivity index (χ0v) is 14.4. The van der Waals surface area contributed by atoms with E-state index in [0.29, 0.717) is 6.04 Å². The van der Waals surface area contributed by atoms with Crippen LogP contribution in [0, 0.1) is 17.7 Å². The van der Waals surface area contributed by atoms with Gasteiger partial charge in [0.15, 0.2) is 0 Å². The lowest BCUT2D eigenvalue weighted by Crippen LogP contribution is -2.50. The molecule has 1 saturated heterocycles. The molecule has 0 spiro atoms. The highest BCUT2D eigenvalue weighted by Crippen LogP contribution is 2.27. The Hall–Kier alpha value is -1.09. The predicted octanol–water partition coefficient (Wildman–Crippen LogP) is 4.60. The van der Waals surface area contributed by atoms with E-state index in [9.17, 15) is 4.39 Å². The van der Waals surface area contributed by atoms with Crippen molar-refractivity contribution in [2.45, 2.75) is 57.9 Å². The lowest BCUT2D eigenvalue weighted by molar-refractivity contribution is 0.285. The molecule has 1 N–H and O–H groups in total. The van der Waals surface area contributed by atoms with Gasteiger partial charge >= 0.3 is 0 Å². The van der Waals surface area contributed by atoms with Crippen molar-refractivity contribution in [3.8, 4) is 0 Å². The zero-order valence-electron chi connectivity index (χ0n) is 14.4. The Kier molecular flexibility index (Phi) is 5.93. The molecule has 1 aliphatic heterocycles. The second kappa shape index (κ2) is 8.14. The Balaban J connectivity index is 1.57. The highest BCUT2D eigenvalue weighted by Gasteiger charge is 2.27. The van der Waals surface area contributed by atoms with E-state index < -0.39 is 0 Å². The first-order valence-corrected chi connectivity index (χ1v) is 9.48. The summed E-state index contributed by atoms with van der Waals surface area (Å²) in [7, 11) is 0. The molecule has 0 radical (unpaired) electrons. The summed E-state index contributed by atoms with van der Waals surface area (Å²) in [5.74, 6) is 1.47. The number of nitrogens with one attached hydrogen (secondary N) is 1. The quantitative estimate of drug-likeness (QED) is 0.853. The van der Waals surface area contributed by atoms with E-state index in [0.717, 1.165) is 30.6 Å². The fourth-order valence-electron chi connectivity index (χ4n) is 4.23. The largest absolute Gasteiger partial charge is 0.370 e. The third kappa shape index (κ3) is 4.69. The second-order valence-electron chi connectivity index (χ2n) is 7.50. The van der Waals surface area contributed by atoms with Crippen LogP contribution >= 0.6 is 0 Å². The van der Waals surface area contributed by atoms with Gasteiger partial charge in [0.05, 0.1) is 0 Å². The molecular weight excluding hydrogens is 287 g/mol. The van der Waals surface area contributed by atoms with Gasteiger partial charge in [0.1, 0.15) is 5.82 Å². The van der Waals surface area contributed by atoms with Gasteiger partial charge in [-0.3, -0.25) is 0 Å². The van der Waals surface area contributed by atoms with Crippen LogP contribution in [-0.4, -0.2) is 25.7 Å². The summed E-state index contributed by atoms with van der Waals surface area (Å²) in [5.41, 5.74) is 1.16. The van der Waals surface area contributed by atoms with Crippen molar-refractivity contribution in [3.05, 3.63) is 30.1 Å². The topological polar surface area (TPSA) is 15.3 Å². The molecule has 2 fully saturated rings. The smallest absolute Gasteiger partial charge is 0.123 e. The maximum absolute atomic E-state index is 13.2. The average Bonchev–Trinajstić information content (AvgIpc) is 2.61. The molecular formula is C20H31FN2. The van der Waals surface area contributed by atoms with Crippen molar-refractivity contribution in [1.29, 1.82) is 0 Å². The first kappa shape index (κ1) is 16.8. The molecule has 2 unspecified atom stereocenters. The van der Waals surface area contributed by atoms with Crippen LogP contribution in [0.5, 0.6) is 0 Å². The van der Waals surface area contributed by atoms with E-state index in [1.165, 1.54) is 51.5 Å². The van der Waals surface area contributed by atoms with Crippen LogP contribution in [0.4, 0.5) is 10.1 Å². The molecule has 1 saturated carbocycles. The molecule has 128 valence electrons. The molecule has 1 heterocycles. The lowest BCUT2D eigenvalue weighted by atomic mass is 9.88. The monoisotopic (exact) mass is 318 g/mol. The van der Waals surface area contributed by atoms with Crippen molar-refractivity contribution in [2.75, 3.05) is 24.5 Å². The van der Waals surface area contributed by atoms with E-state index in [4.69, 9.17) is 0 Å². The number of piperidine rings is 1. The van der Waals surface area contributed by atoms with Gasteiger partial charge in [0.2, 0.25) is 0 Å². The number of nitrogens with zero attached hydrogens (tertiary/aromatic N) is 1. The third-order valence-corrected chi connectivity index (χ3v) is 5.73. The zero-order chi connectivity index (χ0) is 16.1. The van der Waals surface area contributed by atoms with Crippen LogP contribution in [0.2, 0.25) is 0 Å². The summed E-state index contributed by atoms with van der Waals surface area (Å²) in [6.07, 6.45) is 9.56. The number of benzene rings is 1. The Morgan fingerprint density at radius 2 is 1.78 bits per heavy atom. The average molecular weight is 318 g/mol. The van der Waals surface area contributed by atoms with Crippen LogP contribution in [0.3, 0.4) is 0 Å². The Bertz CT molecular complexity index is 467. The molecule has 0 aromatic heterocycles. The van der Waals surface area contributed by atoms with E-state index in [-0.39, 0.29) is 5.82 Å². The second-order valence-corrected chi connectivity index (χ2v) is 7.50. The van der Waals surface area contributed by atoms with E-state index in [1.807, 2.05) is 12.1 Å². The first-order valence-electron chi connectivity index (χ1n) is 9.48. The predicted molar refractivity (Wildman–Crippen MR) is 95.4 cm³/mol. The number of halogens is 1. The molecule has 2 atom stereocenters. The molecule has 1 aromatic rings. The summed E-state index contributed by atoms with van der Waals surface area (Å²) < 4.78 is 13.2. The fourth-order valence-corrected chi connectivity index (χ4v) is 4.23. The lowest BCUT2D eigenvalue weighted by Gasteiger charge is -2.40. The molecule has 2 aliphatic rings. The van der Waals surface area contributed by atoms with Gasteiger partial charge in [-0.1, -0.05) is 32.6 Å².